The molecule has 0 radical (unpaired) electrons. The predicted octanol–water partition coefficient (Wildman–Crippen LogP) is 0.898. The highest BCUT2D eigenvalue weighted by atomic mass is 19.4. The molecule has 128 valence electrons. The number of ether oxygens (including phenoxy) is 1. The molecule has 0 aromatic carbocycles. The van der Waals surface area contributed by atoms with E-state index < -0.39 is 24.7 Å². The second-order valence-electron chi connectivity index (χ2n) is 5.86. The van der Waals surface area contributed by atoms with Crippen molar-refractivity contribution in [1.82, 2.24) is 15.5 Å². The van der Waals surface area contributed by atoms with E-state index in [0.29, 0.717) is 26.2 Å². The van der Waals surface area contributed by atoms with E-state index in [1.165, 1.54) is 4.90 Å². The van der Waals surface area contributed by atoms with Crippen LogP contribution < -0.4 is 10.6 Å². The Morgan fingerprint density at radius 1 is 1.27 bits per heavy atom. The summed E-state index contributed by atoms with van der Waals surface area (Å²) in [6, 6.07) is -1.63. The molecule has 2 aliphatic rings. The third-order valence-corrected chi connectivity index (χ3v) is 4.22. The Labute approximate surface area is 128 Å². The Bertz CT molecular complexity index is 354. The first-order valence-corrected chi connectivity index (χ1v) is 7.86. The summed E-state index contributed by atoms with van der Waals surface area (Å²) in [7, 11) is 0. The molecule has 2 fully saturated rings. The molecule has 22 heavy (non-hydrogen) atoms. The van der Waals surface area contributed by atoms with Crippen molar-refractivity contribution in [3.8, 4) is 0 Å². The molecule has 8 heteroatoms. The highest BCUT2D eigenvalue weighted by Gasteiger charge is 2.43. The van der Waals surface area contributed by atoms with Crippen LogP contribution in [0.5, 0.6) is 0 Å². The quantitative estimate of drug-likeness (QED) is 0.763. The van der Waals surface area contributed by atoms with E-state index in [-0.39, 0.29) is 12.7 Å². The molecule has 1 atom stereocenters. The molecule has 1 aliphatic carbocycles. The number of hydrogen-bond donors (Lipinski definition) is 2. The average molecular weight is 323 g/mol. The first kappa shape index (κ1) is 17.5. The number of nitrogens with zero attached hydrogens (tertiary/aromatic N) is 1. The summed E-state index contributed by atoms with van der Waals surface area (Å²) in [5, 5.41) is 5.39. The monoisotopic (exact) mass is 323 g/mol. The number of carbonyl (C=O) groups is 1. The number of rotatable bonds is 6. The number of nitrogens with one attached hydrogen (secondary N) is 2. The zero-order valence-electron chi connectivity index (χ0n) is 12.6. The maximum Gasteiger partial charge on any atom is 0.405 e. The van der Waals surface area contributed by atoms with Crippen LogP contribution in [0.3, 0.4) is 0 Å². The van der Waals surface area contributed by atoms with Crippen molar-refractivity contribution < 1.29 is 22.7 Å². The van der Waals surface area contributed by atoms with Gasteiger partial charge in [-0.2, -0.15) is 13.2 Å². The van der Waals surface area contributed by atoms with E-state index >= 15 is 0 Å². The van der Waals surface area contributed by atoms with Gasteiger partial charge in [-0.15, -0.1) is 0 Å². The summed E-state index contributed by atoms with van der Waals surface area (Å²) in [4.78, 5) is 13.0. The molecule has 2 N–H and O–H groups in total. The normalized spacial score (nSPS) is 22.7. The Morgan fingerprint density at radius 2 is 1.91 bits per heavy atom. The van der Waals surface area contributed by atoms with E-state index in [4.69, 9.17) is 4.74 Å². The van der Waals surface area contributed by atoms with Crippen molar-refractivity contribution in [3.05, 3.63) is 0 Å². The third kappa shape index (κ3) is 5.40. The van der Waals surface area contributed by atoms with Gasteiger partial charge in [0.25, 0.3) is 0 Å². The Hall–Kier alpha value is -0.860. The van der Waals surface area contributed by atoms with Gasteiger partial charge >= 0.3 is 6.18 Å². The molecule has 1 saturated carbocycles. The minimum Gasteiger partial charge on any atom is -0.368 e. The molecule has 0 aromatic heterocycles. The maximum atomic E-state index is 13.1. The van der Waals surface area contributed by atoms with Crippen LogP contribution in [0.2, 0.25) is 0 Å². The highest BCUT2D eigenvalue weighted by molar-refractivity contribution is 5.77. The number of carbonyl (C=O) groups excluding carboxylic acids is 1. The molecule has 0 bridgehead atoms. The van der Waals surface area contributed by atoms with Gasteiger partial charge in [0.05, 0.1) is 6.10 Å². The summed E-state index contributed by atoms with van der Waals surface area (Å²) in [6.45, 7) is 1.15. The molecular formula is C14H24F3N3O2. The van der Waals surface area contributed by atoms with Crippen LogP contribution in [-0.2, 0) is 9.53 Å². The topological polar surface area (TPSA) is 53.6 Å². The van der Waals surface area contributed by atoms with Crippen molar-refractivity contribution in [2.75, 3.05) is 39.3 Å². The fourth-order valence-corrected chi connectivity index (χ4v) is 2.96. The summed E-state index contributed by atoms with van der Waals surface area (Å²) in [5.41, 5.74) is 0. The van der Waals surface area contributed by atoms with Crippen LogP contribution in [0.4, 0.5) is 13.2 Å². The second kappa shape index (κ2) is 8.12. The van der Waals surface area contributed by atoms with Crippen LogP contribution in [0.1, 0.15) is 25.7 Å². The minimum absolute atomic E-state index is 0.0809. The second-order valence-corrected chi connectivity index (χ2v) is 5.86. The fraction of sp³-hybridized carbons (Fsp3) is 0.929. The number of piperazine rings is 1. The maximum absolute atomic E-state index is 13.1. The average Bonchev–Trinajstić information content (AvgIpc) is 2.98. The van der Waals surface area contributed by atoms with Crippen molar-refractivity contribution in [3.63, 3.8) is 0 Å². The molecule has 1 heterocycles. The van der Waals surface area contributed by atoms with E-state index in [0.717, 1.165) is 25.7 Å². The van der Waals surface area contributed by atoms with E-state index in [1.54, 1.807) is 0 Å². The predicted molar refractivity (Wildman–Crippen MR) is 75.5 cm³/mol. The van der Waals surface area contributed by atoms with Crippen LogP contribution in [0, 0.1) is 0 Å². The van der Waals surface area contributed by atoms with Crippen molar-refractivity contribution >= 4 is 5.91 Å². The van der Waals surface area contributed by atoms with Crippen LogP contribution in [0.15, 0.2) is 0 Å². The van der Waals surface area contributed by atoms with Gasteiger partial charge in [-0.05, 0) is 12.8 Å². The van der Waals surface area contributed by atoms with Gasteiger partial charge in [-0.1, -0.05) is 12.8 Å². The Balaban J connectivity index is 1.75. The van der Waals surface area contributed by atoms with Gasteiger partial charge in [0.15, 0.2) is 0 Å². The summed E-state index contributed by atoms with van der Waals surface area (Å²) in [6.07, 6.45) is -0.232. The number of hydrogen-bond acceptors (Lipinski definition) is 4. The van der Waals surface area contributed by atoms with Gasteiger partial charge in [0.1, 0.15) is 12.6 Å². The lowest BCUT2D eigenvalue weighted by molar-refractivity contribution is -0.184. The molecule has 1 unspecified atom stereocenters. The van der Waals surface area contributed by atoms with Gasteiger partial charge in [0, 0.05) is 32.7 Å². The zero-order chi connectivity index (χ0) is 16.0. The number of amides is 1. The molecule has 0 spiro atoms. The lowest BCUT2D eigenvalue weighted by atomic mass is 10.2. The smallest absolute Gasteiger partial charge is 0.368 e. The van der Waals surface area contributed by atoms with Crippen molar-refractivity contribution in [2.45, 2.75) is 44.0 Å². The zero-order valence-corrected chi connectivity index (χ0v) is 12.6. The van der Waals surface area contributed by atoms with Crippen molar-refractivity contribution in [1.29, 1.82) is 0 Å². The molecule has 1 aliphatic heterocycles. The number of halogens is 3. The summed E-state index contributed by atoms with van der Waals surface area (Å²) < 4.78 is 44.8. The van der Waals surface area contributed by atoms with Gasteiger partial charge in [-0.3, -0.25) is 9.69 Å². The standard InChI is InChI=1S/C14H24F3N3O2/c15-14(16,17)12(20-7-5-18-6-8-20)9-19-13(21)10-22-11-3-1-2-4-11/h11-12,18H,1-10H2,(H,19,21). The van der Waals surface area contributed by atoms with Gasteiger partial charge in [-0.25, -0.2) is 0 Å². The molecule has 2 rings (SSSR count). The van der Waals surface area contributed by atoms with E-state index in [2.05, 4.69) is 10.6 Å². The summed E-state index contributed by atoms with van der Waals surface area (Å²) in [5.74, 6) is -0.476. The van der Waals surface area contributed by atoms with Crippen LogP contribution >= 0.6 is 0 Å². The summed E-state index contributed by atoms with van der Waals surface area (Å²) >= 11 is 0. The minimum atomic E-state index is -4.35. The van der Waals surface area contributed by atoms with Crippen LogP contribution in [-0.4, -0.2) is 68.5 Å². The fourth-order valence-electron chi connectivity index (χ4n) is 2.96. The molecule has 0 aromatic rings. The highest BCUT2D eigenvalue weighted by Crippen LogP contribution is 2.25. The van der Waals surface area contributed by atoms with E-state index in [9.17, 15) is 18.0 Å². The van der Waals surface area contributed by atoms with E-state index in [1.807, 2.05) is 0 Å². The van der Waals surface area contributed by atoms with Gasteiger partial charge in [0.2, 0.25) is 5.91 Å². The number of alkyl halides is 3. The largest absolute Gasteiger partial charge is 0.405 e. The first-order valence-electron chi connectivity index (χ1n) is 7.86. The van der Waals surface area contributed by atoms with Crippen molar-refractivity contribution in [2.24, 2.45) is 0 Å². The molecular weight excluding hydrogens is 299 g/mol. The molecule has 1 amide bonds. The Kier molecular flexibility index (Phi) is 6.46. The first-order chi connectivity index (χ1) is 10.5. The third-order valence-electron chi connectivity index (χ3n) is 4.22. The Morgan fingerprint density at radius 3 is 2.50 bits per heavy atom. The van der Waals surface area contributed by atoms with Gasteiger partial charge < -0.3 is 15.4 Å². The molecule has 1 saturated heterocycles. The lowest BCUT2D eigenvalue weighted by Gasteiger charge is -2.35. The van der Waals surface area contributed by atoms with Crippen LogP contribution in [0.25, 0.3) is 0 Å². The molecule has 5 nitrogen and oxygen atoms in total. The SMILES string of the molecule is O=C(COC1CCCC1)NCC(N1CCNCC1)C(F)(F)F. The lowest BCUT2D eigenvalue weighted by Crippen LogP contribution is -2.57.